The SMILES string of the molecule is CCCCCCCCCCCCCCCCCCCCCCCCCCC(=O)OCC(COC(=O)CCCCCCC)OC(=O)CCCCCCCCCCCCC. The Labute approximate surface area is 361 Å². The summed E-state index contributed by atoms with van der Waals surface area (Å²) in [5, 5.41) is 0. The van der Waals surface area contributed by atoms with Gasteiger partial charge in [0.1, 0.15) is 13.2 Å². The molecule has 0 saturated carbocycles. The van der Waals surface area contributed by atoms with Crippen LogP contribution in [-0.2, 0) is 28.6 Å². The molecule has 0 bridgehead atoms. The van der Waals surface area contributed by atoms with Crippen molar-refractivity contribution >= 4 is 17.9 Å². The lowest BCUT2D eigenvalue weighted by atomic mass is 10.0. The highest BCUT2D eigenvalue weighted by molar-refractivity contribution is 5.71. The molecule has 0 aliphatic rings. The van der Waals surface area contributed by atoms with E-state index in [0.29, 0.717) is 19.3 Å². The molecule has 0 saturated heterocycles. The molecular formula is C52H100O6. The number of hydrogen-bond donors (Lipinski definition) is 0. The van der Waals surface area contributed by atoms with Gasteiger partial charge in [-0.05, 0) is 19.3 Å². The Morgan fingerprint density at radius 3 is 0.690 bits per heavy atom. The zero-order chi connectivity index (χ0) is 42.3. The lowest BCUT2D eigenvalue weighted by molar-refractivity contribution is -0.167. The van der Waals surface area contributed by atoms with Gasteiger partial charge >= 0.3 is 17.9 Å². The van der Waals surface area contributed by atoms with E-state index in [0.717, 1.165) is 64.2 Å². The van der Waals surface area contributed by atoms with E-state index in [1.807, 2.05) is 0 Å². The maximum absolute atomic E-state index is 12.7. The van der Waals surface area contributed by atoms with Crippen molar-refractivity contribution in [1.82, 2.24) is 0 Å². The predicted octanol–water partition coefficient (Wildman–Crippen LogP) is 16.8. The summed E-state index contributed by atoms with van der Waals surface area (Å²) in [5.41, 5.74) is 0. The van der Waals surface area contributed by atoms with Crippen molar-refractivity contribution in [2.24, 2.45) is 0 Å². The van der Waals surface area contributed by atoms with Gasteiger partial charge in [0, 0.05) is 19.3 Å². The largest absolute Gasteiger partial charge is 0.462 e. The second kappa shape index (κ2) is 48.1. The predicted molar refractivity (Wildman–Crippen MR) is 247 cm³/mol. The Morgan fingerprint density at radius 2 is 0.466 bits per heavy atom. The molecule has 0 aromatic rings. The van der Waals surface area contributed by atoms with Gasteiger partial charge in [-0.3, -0.25) is 14.4 Å². The van der Waals surface area contributed by atoms with Gasteiger partial charge in [-0.2, -0.15) is 0 Å². The van der Waals surface area contributed by atoms with Crippen LogP contribution in [0.1, 0.15) is 297 Å². The zero-order valence-electron chi connectivity index (χ0n) is 39.3. The van der Waals surface area contributed by atoms with Crippen LogP contribution in [0.15, 0.2) is 0 Å². The van der Waals surface area contributed by atoms with Crippen LogP contribution < -0.4 is 0 Å². The number of carbonyl (C=O) groups excluding carboxylic acids is 3. The van der Waals surface area contributed by atoms with Gasteiger partial charge < -0.3 is 14.2 Å². The van der Waals surface area contributed by atoms with Gasteiger partial charge in [-0.1, -0.05) is 258 Å². The molecule has 0 fully saturated rings. The van der Waals surface area contributed by atoms with Gasteiger partial charge in [0.15, 0.2) is 6.10 Å². The van der Waals surface area contributed by atoms with Crippen molar-refractivity contribution in [3.8, 4) is 0 Å². The highest BCUT2D eigenvalue weighted by atomic mass is 16.6. The topological polar surface area (TPSA) is 78.9 Å². The summed E-state index contributed by atoms with van der Waals surface area (Å²) in [4.78, 5) is 37.5. The van der Waals surface area contributed by atoms with Crippen LogP contribution in [0.5, 0.6) is 0 Å². The summed E-state index contributed by atoms with van der Waals surface area (Å²) in [6, 6.07) is 0. The van der Waals surface area contributed by atoms with Gasteiger partial charge in [0.2, 0.25) is 0 Å². The van der Waals surface area contributed by atoms with Crippen molar-refractivity contribution in [2.45, 2.75) is 303 Å². The minimum Gasteiger partial charge on any atom is -0.462 e. The lowest BCUT2D eigenvalue weighted by Crippen LogP contribution is -2.30. The number of hydrogen-bond acceptors (Lipinski definition) is 6. The molecule has 0 aliphatic carbocycles. The van der Waals surface area contributed by atoms with Crippen molar-refractivity contribution in [2.75, 3.05) is 13.2 Å². The summed E-state index contributed by atoms with van der Waals surface area (Å²) >= 11 is 0. The monoisotopic (exact) mass is 821 g/mol. The second-order valence-corrected chi connectivity index (χ2v) is 17.8. The van der Waals surface area contributed by atoms with Gasteiger partial charge in [-0.25, -0.2) is 0 Å². The van der Waals surface area contributed by atoms with E-state index in [1.165, 1.54) is 193 Å². The maximum atomic E-state index is 12.7. The molecule has 0 spiro atoms. The first-order valence-electron chi connectivity index (χ1n) is 26.0. The maximum Gasteiger partial charge on any atom is 0.306 e. The molecule has 0 aliphatic heterocycles. The summed E-state index contributed by atoms with van der Waals surface area (Å²) in [6.45, 7) is 6.59. The molecule has 58 heavy (non-hydrogen) atoms. The summed E-state index contributed by atoms with van der Waals surface area (Å²) in [5.74, 6) is -0.862. The summed E-state index contributed by atoms with van der Waals surface area (Å²) in [6.07, 6.45) is 51.4. The third-order valence-electron chi connectivity index (χ3n) is 11.9. The molecule has 6 nitrogen and oxygen atoms in total. The quantitative estimate of drug-likeness (QED) is 0.0346. The molecule has 344 valence electrons. The van der Waals surface area contributed by atoms with Crippen molar-refractivity contribution in [3.63, 3.8) is 0 Å². The number of carbonyl (C=O) groups is 3. The lowest BCUT2D eigenvalue weighted by Gasteiger charge is -2.18. The average molecular weight is 821 g/mol. The minimum atomic E-state index is -0.757. The van der Waals surface area contributed by atoms with Crippen molar-refractivity contribution in [1.29, 1.82) is 0 Å². The highest BCUT2D eigenvalue weighted by Crippen LogP contribution is 2.17. The molecule has 0 rings (SSSR count). The van der Waals surface area contributed by atoms with E-state index in [4.69, 9.17) is 14.2 Å². The molecule has 0 aromatic heterocycles. The standard InChI is InChI=1S/C52H100O6/c1-4-7-10-13-15-17-19-20-21-22-23-24-25-26-27-28-29-30-31-33-34-36-39-42-45-51(54)57-48-49(47-56-50(53)44-41-38-12-9-6-3)58-52(55)46-43-40-37-35-32-18-16-14-11-8-5-2/h49H,4-48H2,1-3H3. The number of rotatable bonds is 48. The van der Waals surface area contributed by atoms with E-state index in [9.17, 15) is 14.4 Å². The first-order valence-corrected chi connectivity index (χ1v) is 26.0. The average Bonchev–Trinajstić information content (AvgIpc) is 3.22. The Hall–Kier alpha value is -1.59. The van der Waals surface area contributed by atoms with Crippen LogP contribution in [0.25, 0.3) is 0 Å². The Kier molecular flexibility index (Phi) is 46.8. The van der Waals surface area contributed by atoms with Crippen molar-refractivity contribution < 1.29 is 28.6 Å². The second-order valence-electron chi connectivity index (χ2n) is 17.8. The molecule has 0 N–H and O–H groups in total. The highest BCUT2D eigenvalue weighted by Gasteiger charge is 2.19. The van der Waals surface area contributed by atoms with Gasteiger partial charge in [-0.15, -0.1) is 0 Å². The fraction of sp³-hybridized carbons (Fsp3) is 0.942. The van der Waals surface area contributed by atoms with Crippen LogP contribution in [0.3, 0.4) is 0 Å². The van der Waals surface area contributed by atoms with E-state index >= 15 is 0 Å². The first-order chi connectivity index (χ1) is 28.5. The molecule has 0 heterocycles. The van der Waals surface area contributed by atoms with Crippen LogP contribution in [0.2, 0.25) is 0 Å². The Bertz CT molecular complexity index is 859. The van der Waals surface area contributed by atoms with Crippen LogP contribution >= 0.6 is 0 Å². The molecule has 0 radical (unpaired) electrons. The molecule has 6 heteroatoms. The third kappa shape index (κ3) is 45.5. The number of ether oxygens (including phenoxy) is 3. The molecule has 0 aromatic carbocycles. The molecule has 1 unspecified atom stereocenters. The number of unbranched alkanes of at least 4 members (excludes halogenated alkanes) is 37. The fourth-order valence-electron chi connectivity index (χ4n) is 7.92. The Morgan fingerprint density at radius 1 is 0.276 bits per heavy atom. The van der Waals surface area contributed by atoms with E-state index in [2.05, 4.69) is 20.8 Å². The third-order valence-corrected chi connectivity index (χ3v) is 11.9. The van der Waals surface area contributed by atoms with E-state index < -0.39 is 6.10 Å². The molecule has 0 amide bonds. The van der Waals surface area contributed by atoms with Crippen LogP contribution in [0.4, 0.5) is 0 Å². The molecule has 1 atom stereocenters. The number of esters is 3. The van der Waals surface area contributed by atoms with Crippen molar-refractivity contribution in [3.05, 3.63) is 0 Å². The van der Waals surface area contributed by atoms with E-state index in [1.54, 1.807) is 0 Å². The summed E-state index contributed by atoms with van der Waals surface area (Å²) in [7, 11) is 0. The summed E-state index contributed by atoms with van der Waals surface area (Å²) < 4.78 is 16.6. The Balaban J connectivity index is 3.96. The van der Waals surface area contributed by atoms with Gasteiger partial charge in [0.05, 0.1) is 0 Å². The van der Waals surface area contributed by atoms with Gasteiger partial charge in [0.25, 0.3) is 0 Å². The zero-order valence-corrected chi connectivity index (χ0v) is 39.3. The van der Waals surface area contributed by atoms with E-state index in [-0.39, 0.29) is 31.1 Å². The smallest absolute Gasteiger partial charge is 0.306 e. The normalized spacial score (nSPS) is 11.8. The fourth-order valence-corrected chi connectivity index (χ4v) is 7.92. The minimum absolute atomic E-state index is 0.0635. The molecular weight excluding hydrogens is 721 g/mol. The first kappa shape index (κ1) is 56.4. The van der Waals surface area contributed by atoms with Crippen LogP contribution in [0, 0.1) is 0 Å². The van der Waals surface area contributed by atoms with Crippen LogP contribution in [-0.4, -0.2) is 37.2 Å².